The van der Waals surface area contributed by atoms with E-state index in [0.717, 1.165) is 13.1 Å². The summed E-state index contributed by atoms with van der Waals surface area (Å²) in [6.45, 7) is 2.46. The lowest BCUT2D eigenvalue weighted by Crippen LogP contribution is -2.48. The van der Waals surface area contributed by atoms with Gasteiger partial charge in [0.15, 0.2) is 0 Å². The van der Waals surface area contributed by atoms with Gasteiger partial charge in [-0.1, -0.05) is 25.7 Å². The number of aliphatic carboxylic acids is 1. The van der Waals surface area contributed by atoms with E-state index >= 15 is 0 Å². The van der Waals surface area contributed by atoms with Crippen molar-refractivity contribution in [1.29, 1.82) is 0 Å². The molecule has 0 spiro atoms. The predicted molar refractivity (Wildman–Crippen MR) is 65.1 cm³/mol. The molecular weight excluding hydrogens is 218 g/mol. The molecule has 1 N–H and O–H groups in total. The first-order valence-corrected chi connectivity index (χ1v) is 6.83. The predicted octanol–water partition coefficient (Wildman–Crippen LogP) is 1.88. The van der Waals surface area contributed by atoms with Crippen molar-refractivity contribution in [1.82, 2.24) is 4.90 Å². The van der Waals surface area contributed by atoms with Crippen LogP contribution in [0.15, 0.2) is 0 Å². The summed E-state index contributed by atoms with van der Waals surface area (Å²) in [5, 5.41) is 8.81. The van der Waals surface area contributed by atoms with Crippen LogP contribution in [-0.2, 0) is 9.53 Å². The van der Waals surface area contributed by atoms with Crippen LogP contribution in [0.5, 0.6) is 0 Å². The standard InChI is InChI=1S/C13H23NO3/c15-13(16)9-12-10-14(7-8-17-12)11-5-3-1-2-4-6-11/h11-12H,1-10H2,(H,15,16). The zero-order valence-corrected chi connectivity index (χ0v) is 10.4. The number of ether oxygens (including phenoxy) is 1. The van der Waals surface area contributed by atoms with Gasteiger partial charge in [-0.15, -0.1) is 0 Å². The maximum Gasteiger partial charge on any atom is 0.306 e. The van der Waals surface area contributed by atoms with Crippen LogP contribution < -0.4 is 0 Å². The molecule has 0 aromatic carbocycles. The summed E-state index contributed by atoms with van der Waals surface area (Å²) in [6.07, 6.45) is 7.96. The van der Waals surface area contributed by atoms with Crippen molar-refractivity contribution >= 4 is 5.97 Å². The SMILES string of the molecule is O=C(O)CC1CN(C2CCCCCC2)CCO1. The number of carbonyl (C=O) groups is 1. The molecule has 1 atom stereocenters. The Bertz CT molecular complexity index is 249. The molecule has 0 aromatic heterocycles. The molecule has 0 radical (unpaired) electrons. The first-order valence-electron chi connectivity index (χ1n) is 6.83. The molecule has 98 valence electrons. The van der Waals surface area contributed by atoms with Gasteiger partial charge in [-0.05, 0) is 12.8 Å². The van der Waals surface area contributed by atoms with E-state index in [4.69, 9.17) is 9.84 Å². The summed E-state index contributed by atoms with van der Waals surface area (Å²) in [6, 6.07) is 0.665. The Labute approximate surface area is 103 Å². The molecule has 4 heteroatoms. The highest BCUT2D eigenvalue weighted by Gasteiger charge is 2.27. The minimum atomic E-state index is -0.752. The van der Waals surface area contributed by atoms with Gasteiger partial charge < -0.3 is 9.84 Å². The zero-order valence-electron chi connectivity index (χ0n) is 10.4. The average molecular weight is 241 g/mol. The third kappa shape index (κ3) is 3.96. The summed E-state index contributed by atoms with van der Waals surface area (Å²) in [7, 11) is 0. The van der Waals surface area contributed by atoms with E-state index in [1.165, 1.54) is 38.5 Å². The van der Waals surface area contributed by atoms with Crippen LogP contribution in [0.4, 0.5) is 0 Å². The van der Waals surface area contributed by atoms with Crippen molar-refractivity contribution in [3.63, 3.8) is 0 Å². The van der Waals surface area contributed by atoms with Crippen LogP contribution in [0.25, 0.3) is 0 Å². The summed E-state index contributed by atoms with van der Waals surface area (Å²) in [5.74, 6) is -0.752. The van der Waals surface area contributed by atoms with Crippen LogP contribution >= 0.6 is 0 Å². The van der Waals surface area contributed by atoms with E-state index in [-0.39, 0.29) is 12.5 Å². The van der Waals surface area contributed by atoms with Crippen LogP contribution in [0, 0.1) is 0 Å². The maximum absolute atomic E-state index is 10.7. The quantitative estimate of drug-likeness (QED) is 0.767. The molecule has 4 nitrogen and oxygen atoms in total. The third-order valence-electron chi connectivity index (χ3n) is 3.91. The van der Waals surface area contributed by atoms with E-state index in [2.05, 4.69) is 4.90 Å². The van der Waals surface area contributed by atoms with Gasteiger partial charge in [0.2, 0.25) is 0 Å². The van der Waals surface area contributed by atoms with Gasteiger partial charge in [0.05, 0.1) is 19.1 Å². The minimum absolute atomic E-state index is 0.107. The smallest absolute Gasteiger partial charge is 0.306 e. The lowest BCUT2D eigenvalue weighted by molar-refractivity contribution is -0.142. The second-order valence-corrected chi connectivity index (χ2v) is 5.23. The fraction of sp³-hybridized carbons (Fsp3) is 0.923. The highest BCUT2D eigenvalue weighted by Crippen LogP contribution is 2.24. The van der Waals surface area contributed by atoms with Gasteiger partial charge >= 0.3 is 5.97 Å². The fourth-order valence-electron chi connectivity index (χ4n) is 3.02. The Morgan fingerprint density at radius 3 is 2.59 bits per heavy atom. The van der Waals surface area contributed by atoms with Crippen LogP contribution in [0.2, 0.25) is 0 Å². The fourth-order valence-corrected chi connectivity index (χ4v) is 3.02. The number of rotatable bonds is 3. The first kappa shape index (κ1) is 12.8. The highest BCUT2D eigenvalue weighted by molar-refractivity contribution is 5.67. The molecule has 1 saturated heterocycles. The molecule has 0 bridgehead atoms. The van der Waals surface area contributed by atoms with E-state index in [0.29, 0.717) is 12.6 Å². The monoisotopic (exact) mass is 241 g/mol. The molecule has 17 heavy (non-hydrogen) atoms. The Balaban J connectivity index is 1.84. The minimum Gasteiger partial charge on any atom is -0.481 e. The molecule has 1 aliphatic heterocycles. The van der Waals surface area contributed by atoms with Gasteiger partial charge in [-0.3, -0.25) is 9.69 Å². The number of carboxylic acid groups (broad SMARTS) is 1. The maximum atomic E-state index is 10.7. The molecule has 2 rings (SSSR count). The van der Waals surface area contributed by atoms with Crippen LogP contribution in [0.3, 0.4) is 0 Å². The Kier molecular flexibility index (Phi) is 4.80. The van der Waals surface area contributed by atoms with Crippen molar-refractivity contribution in [2.75, 3.05) is 19.7 Å². The van der Waals surface area contributed by atoms with Crippen LogP contribution in [-0.4, -0.2) is 47.8 Å². The largest absolute Gasteiger partial charge is 0.481 e. The lowest BCUT2D eigenvalue weighted by atomic mass is 10.1. The van der Waals surface area contributed by atoms with Crippen molar-refractivity contribution in [3.05, 3.63) is 0 Å². The van der Waals surface area contributed by atoms with Crippen LogP contribution in [0.1, 0.15) is 44.9 Å². The van der Waals surface area contributed by atoms with Gasteiger partial charge in [0.1, 0.15) is 0 Å². The number of hydrogen-bond donors (Lipinski definition) is 1. The molecule has 0 amide bonds. The molecule has 0 aromatic rings. The van der Waals surface area contributed by atoms with E-state index in [1.54, 1.807) is 0 Å². The first-order chi connectivity index (χ1) is 8.25. The summed E-state index contributed by atoms with van der Waals surface area (Å²) in [5.41, 5.74) is 0. The molecule has 2 aliphatic rings. The molecule has 1 heterocycles. The van der Waals surface area contributed by atoms with Gasteiger partial charge in [-0.25, -0.2) is 0 Å². The van der Waals surface area contributed by atoms with Gasteiger partial charge in [0, 0.05) is 19.1 Å². The molecular formula is C13H23NO3. The second-order valence-electron chi connectivity index (χ2n) is 5.23. The Hall–Kier alpha value is -0.610. The lowest BCUT2D eigenvalue weighted by Gasteiger charge is -2.37. The topological polar surface area (TPSA) is 49.8 Å². The normalized spacial score (nSPS) is 28.8. The summed E-state index contributed by atoms with van der Waals surface area (Å²) in [4.78, 5) is 13.2. The highest BCUT2D eigenvalue weighted by atomic mass is 16.5. The molecule has 1 unspecified atom stereocenters. The van der Waals surface area contributed by atoms with Gasteiger partial charge in [0.25, 0.3) is 0 Å². The van der Waals surface area contributed by atoms with E-state index in [9.17, 15) is 4.79 Å². The molecule has 1 aliphatic carbocycles. The van der Waals surface area contributed by atoms with E-state index < -0.39 is 5.97 Å². The van der Waals surface area contributed by atoms with Crippen molar-refractivity contribution < 1.29 is 14.6 Å². The number of carboxylic acids is 1. The Morgan fingerprint density at radius 1 is 1.24 bits per heavy atom. The summed E-state index contributed by atoms with van der Waals surface area (Å²) >= 11 is 0. The average Bonchev–Trinajstić information content (AvgIpc) is 2.57. The van der Waals surface area contributed by atoms with Crippen molar-refractivity contribution in [2.24, 2.45) is 0 Å². The number of morpholine rings is 1. The zero-order chi connectivity index (χ0) is 12.1. The Morgan fingerprint density at radius 2 is 1.94 bits per heavy atom. The second kappa shape index (κ2) is 6.36. The molecule has 1 saturated carbocycles. The van der Waals surface area contributed by atoms with Crippen molar-refractivity contribution in [2.45, 2.75) is 57.1 Å². The third-order valence-corrected chi connectivity index (χ3v) is 3.91. The molecule has 2 fully saturated rings. The number of nitrogens with zero attached hydrogens (tertiary/aromatic N) is 1. The van der Waals surface area contributed by atoms with Gasteiger partial charge in [-0.2, -0.15) is 0 Å². The van der Waals surface area contributed by atoms with E-state index in [1.807, 2.05) is 0 Å². The number of hydrogen-bond acceptors (Lipinski definition) is 3. The summed E-state index contributed by atoms with van der Waals surface area (Å²) < 4.78 is 5.52. The van der Waals surface area contributed by atoms with Crippen molar-refractivity contribution in [3.8, 4) is 0 Å².